The van der Waals surface area contributed by atoms with E-state index < -0.39 is 35.6 Å². The van der Waals surface area contributed by atoms with Crippen LogP contribution in [0.25, 0.3) is 6.08 Å². The summed E-state index contributed by atoms with van der Waals surface area (Å²) in [6.45, 7) is 11.4. The first-order valence-corrected chi connectivity index (χ1v) is 13.8. The van der Waals surface area contributed by atoms with E-state index in [9.17, 15) is 19.5 Å². The molecule has 36 heavy (non-hydrogen) atoms. The highest BCUT2D eigenvalue weighted by Gasteiger charge is 2.51. The summed E-state index contributed by atoms with van der Waals surface area (Å²) < 4.78 is 5.94. The number of cyclic esters (lactones) is 1. The van der Waals surface area contributed by atoms with Gasteiger partial charge < -0.3 is 15.2 Å². The fourth-order valence-electron chi connectivity index (χ4n) is 5.32. The number of rotatable bonds is 2. The number of nitrogens with zero attached hydrogens (tertiary/aromatic N) is 1. The summed E-state index contributed by atoms with van der Waals surface area (Å²) in [5.41, 5.74) is 1.84. The number of aliphatic hydroxyl groups excluding tert-OH is 1. The number of hydrogen-bond acceptors (Lipinski definition) is 7. The zero-order chi connectivity index (χ0) is 26.6. The number of ketones is 1. The van der Waals surface area contributed by atoms with Crippen molar-refractivity contribution in [2.24, 2.45) is 17.3 Å². The number of aryl methyl sites for hydroxylation is 1. The van der Waals surface area contributed by atoms with Crippen LogP contribution in [-0.4, -0.2) is 46.0 Å². The lowest BCUT2D eigenvalue weighted by Gasteiger charge is -2.34. The highest BCUT2D eigenvalue weighted by molar-refractivity contribution is 7.09. The molecule has 0 aromatic carbocycles. The summed E-state index contributed by atoms with van der Waals surface area (Å²) in [5.74, 6) is -1.61. The minimum Gasteiger partial charge on any atom is -0.457 e. The van der Waals surface area contributed by atoms with Crippen LogP contribution < -0.4 is 5.32 Å². The molecule has 3 rings (SSSR count). The van der Waals surface area contributed by atoms with Gasteiger partial charge in [0.05, 0.1) is 34.7 Å². The van der Waals surface area contributed by atoms with Crippen LogP contribution in [0.4, 0.5) is 0 Å². The van der Waals surface area contributed by atoms with Crippen LogP contribution in [0, 0.1) is 24.2 Å². The van der Waals surface area contributed by atoms with Gasteiger partial charge in [-0.3, -0.25) is 14.4 Å². The first-order valence-electron chi connectivity index (χ1n) is 12.9. The number of nitrogens with one attached hydrogen (secondary N) is 1. The van der Waals surface area contributed by atoms with Gasteiger partial charge >= 0.3 is 5.97 Å². The molecular weight excluding hydrogens is 476 g/mol. The van der Waals surface area contributed by atoms with Gasteiger partial charge in [-0.2, -0.15) is 0 Å². The molecule has 1 saturated heterocycles. The number of aliphatic hydroxyl groups is 1. The number of thiazole rings is 1. The quantitative estimate of drug-likeness (QED) is 0.433. The molecule has 2 aliphatic heterocycles. The van der Waals surface area contributed by atoms with Crippen LogP contribution in [0.3, 0.4) is 0 Å². The molecule has 0 radical (unpaired) electrons. The second-order valence-corrected chi connectivity index (χ2v) is 11.9. The normalized spacial score (nSPS) is 35.0. The molecule has 0 saturated carbocycles. The van der Waals surface area contributed by atoms with Crippen molar-refractivity contribution in [2.45, 2.75) is 98.3 Å². The fourth-order valence-corrected chi connectivity index (χ4v) is 5.89. The Balaban J connectivity index is 1.91. The second-order valence-electron chi connectivity index (χ2n) is 10.9. The van der Waals surface area contributed by atoms with Crippen molar-refractivity contribution in [3.63, 3.8) is 0 Å². The predicted octanol–water partition coefficient (Wildman–Crippen LogP) is 4.77. The number of ether oxygens (including phenoxy) is 1. The Hall–Kier alpha value is -2.32. The number of aromatic nitrogens is 1. The van der Waals surface area contributed by atoms with Crippen molar-refractivity contribution >= 4 is 35.1 Å². The minimum absolute atomic E-state index is 0.00267. The van der Waals surface area contributed by atoms with E-state index in [1.54, 1.807) is 25.2 Å². The molecule has 0 unspecified atom stereocenters. The summed E-state index contributed by atoms with van der Waals surface area (Å²) in [5, 5.41) is 16.7. The number of amides is 1. The first-order chi connectivity index (χ1) is 16.9. The Bertz CT molecular complexity index is 1040. The third-order valence-electron chi connectivity index (χ3n) is 7.78. The summed E-state index contributed by atoms with van der Waals surface area (Å²) in [7, 11) is 0. The van der Waals surface area contributed by atoms with E-state index in [4.69, 9.17) is 4.74 Å². The zero-order valence-corrected chi connectivity index (χ0v) is 23.1. The zero-order valence-electron chi connectivity index (χ0n) is 22.3. The lowest BCUT2D eigenvalue weighted by Crippen LogP contribution is -2.47. The van der Waals surface area contributed by atoms with Crippen LogP contribution >= 0.6 is 11.3 Å². The van der Waals surface area contributed by atoms with E-state index in [0.29, 0.717) is 6.42 Å². The van der Waals surface area contributed by atoms with Crippen molar-refractivity contribution in [3.8, 4) is 0 Å². The van der Waals surface area contributed by atoms with Crippen molar-refractivity contribution in [1.29, 1.82) is 0 Å². The first kappa shape index (κ1) is 28.3. The minimum atomic E-state index is -1.08. The van der Waals surface area contributed by atoms with E-state index >= 15 is 0 Å². The summed E-state index contributed by atoms with van der Waals surface area (Å²) >= 11 is 1.57. The second kappa shape index (κ2) is 11.8. The topological polar surface area (TPSA) is 106 Å². The number of carbonyl (C=O) groups is 3. The highest BCUT2D eigenvalue weighted by atomic mass is 32.1. The molecule has 198 valence electrons. The maximum Gasteiger partial charge on any atom is 0.308 e. The molecule has 8 heteroatoms. The Labute approximate surface area is 218 Å². The van der Waals surface area contributed by atoms with Crippen molar-refractivity contribution in [3.05, 3.63) is 33.3 Å². The molecule has 1 aromatic heterocycles. The van der Waals surface area contributed by atoms with Crippen LogP contribution in [0.2, 0.25) is 0 Å². The van der Waals surface area contributed by atoms with E-state index in [1.807, 2.05) is 32.2 Å². The van der Waals surface area contributed by atoms with Crippen LogP contribution in [0.5, 0.6) is 0 Å². The Morgan fingerprint density at radius 2 is 2.00 bits per heavy atom. The number of Topliss-reactive ketones (excluding diaryl/α,β-unsaturated/α-hetero) is 1. The Morgan fingerprint density at radius 1 is 1.28 bits per heavy atom. The molecule has 1 amide bonds. The van der Waals surface area contributed by atoms with Gasteiger partial charge in [0.2, 0.25) is 5.91 Å². The van der Waals surface area contributed by atoms with Gasteiger partial charge in [0.15, 0.2) is 0 Å². The Kier molecular flexibility index (Phi) is 9.28. The predicted molar refractivity (Wildman–Crippen MR) is 141 cm³/mol. The average Bonchev–Trinajstić information content (AvgIpc) is 3.35. The van der Waals surface area contributed by atoms with E-state index in [1.165, 1.54) is 5.57 Å². The number of fused-ring (bicyclic) bond motifs is 1. The molecule has 1 fully saturated rings. The smallest absolute Gasteiger partial charge is 0.308 e. The average molecular weight is 517 g/mol. The molecule has 0 bridgehead atoms. The number of hydrogen-bond donors (Lipinski definition) is 2. The number of allylic oxidation sites excluding steroid dienone is 1. The Morgan fingerprint density at radius 3 is 2.67 bits per heavy atom. The molecule has 3 heterocycles. The fraction of sp³-hybridized carbons (Fsp3) is 0.643. The van der Waals surface area contributed by atoms with Gasteiger partial charge in [-0.05, 0) is 57.6 Å². The van der Waals surface area contributed by atoms with E-state index in [-0.39, 0.29) is 30.4 Å². The molecule has 2 N–H and O–H groups in total. The van der Waals surface area contributed by atoms with Gasteiger partial charge in [-0.25, -0.2) is 4.98 Å². The van der Waals surface area contributed by atoms with Crippen LogP contribution in [-0.2, 0) is 19.1 Å². The molecule has 0 spiro atoms. The number of esters is 1. The molecule has 0 aliphatic carbocycles. The van der Waals surface area contributed by atoms with Gasteiger partial charge in [0.25, 0.3) is 0 Å². The van der Waals surface area contributed by atoms with Crippen LogP contribution in [0.15, 0.2) is 22.6 Å². The van der Waals surface area contributed by atoms with Crippen molar-refractivity contribution < 1.29 is 24.2 Å². The molecule has 6 atom stereocenters. The lowest BCUT2D eigenvalue weighted by molar-refractivity contribution is -0.149. The molecule has 7 nitrogen and oxygen atoms in total. The summed E-state index contributed by atoms with van der Waals surface area (Å²) in [4.78, 5) is 43.5. The van der Waals surface area contributed by atoms with Gasteiger partial charge in [-0.1, -0.05) is 32.4 Å². The maximum absolute atomic E-state index is 13.6. The van der Waals surface area contributed by atoms with Crippen molar-refractivity contribution in [2.75, 3.05) is 0 Å². The standard InChI is InChI=1S/C28H40N2O5S/c1-16-8-7-9-17(2)26(33)19(4)27(34)28(6)14-24(31)30-23(28)13-25(32)35-22(11-10-16)18(3)12-21-15-36-20(5)29-21/h10,12,15,17,19,22-23,26,33H,7-9,11,13-14H2,1-6H3,(H,30,31)/b16-10-,18-12+/t17-,19+,22-,23+,26-,28+/m0/s1. The highest BCUT2D eigenvalue weighted by Crippen LogP contribution is 2.39. The maximum atomic E-state index is 13.6. The molecule has 2 aliphatic rings. The third-order valence-corrected chi connectivity index (χ3v) is 8.57. The molecule has 1 aromatic rings. The van der Waals surface area contributed by atoms with E-state index in [0.717, 1.165) is 35.5 Å². The third kappa shape index (κ3) is 6.71. The van der Waals surface area contributed by atoms with Gasteiger partial charge in [0, 0.05) is 24.1 Å². The SMILES string of the molecule is C/C1=C/C[C@@H](/C(C)=C/c2csc(C)n2)OC(=O)C[C@H]2NC(=O)C[C@@]2(C)C(=O)[C@H](C)[C@@H](O)[C@@H](C)CCC1. The lowest BCUT2D eigenvalue weighted by atomic mass is 9.70. The molecular formula is C28H40N2O5S. The largest absolute Gasteiger partial charge is 0.457 e. The monoisotopic (exact) mass is 516 g/mol. The van der Waals surface area contributed by atoms with E-state index in [2.05, 4.69) is 23.3 Å². The van der Waals surface area contributed by atoms with Crippen LogP contribution in [0.1, 0.15) is 83.8 Å². The van der Waals surface area contributed by atoms with Gasteiger partial charge in [0.1, 0.15) is 11.9 Å². The summed E-state index contributed by atoms with van der Waals surface area (Å²) in [6, 6.07) is -0.675. The number of carbonyl (C=O) groups excluding carboxylic acids is 3. The van der Waals surface area contributed by atoms with Crippen molar-refractivity contribution in [1.82, 2.24) is 10.3 Å². The van der Waals surface area contributed by atoms with Gasteiger partial charge in [-0.15, -0.1) is 11.3 Å². The summed E-state index contributed by atoms with van der Waals surface area (Å²) in [6.07, 6.45) is 5.76.